The normalized spacial score (nSPS) is 16.6. The quantitative estimate of drug-likeness (QED) is 0.896. The minimum Gasteiger partial charge on any atom is -0.363 e. The lowest BCUT2D eigenvalue weighted by Gasteiger charge is -2.39. The average molecular weight is 344 g/mol. The number of nitrogens with one attached hydrogen (secondary N) is 2. The van der Waals surface area contributed by atoms with Crippen molar-refractivity contribution in [3.05, 3.63) is 64.7 Å². The van der Waals surface area contributed by atoms with Crippen molar-refractivity contribution in [2.45, 2.75) is 20.0 Å². The fourth-order valence-corrected chi connectivity index (χ4v) is 2.76. The largest absolute Gasteiger partial charge is 0.363 e. The SMILES string of the molecule is CC(C)C1Nc2ccccc2C(=O)N1NC(=O)c1ccc(Cl)cc1. The topological polar surface area (TPSA) is 61.4 Å². The van der Waals surface area contributed by atoms with Gasteiger partial charge in [0.05, 0.1) is 5.56 Å². The van der Waals surface area contributed by atoms with E-state index in [-0.39, 0.29) is 23.9 Å². The Morgan fingerprint density at radius 3 is 2.50 bits per heavy atom. The Morgan fingerprint density at radius 1 is 1.17 bits per heavy atom. The predicted octanol–water partition coefficient (Wildman–Crippen LogP) is 3.53. The smallest absolute Gasteiger partial charge is 0.276 e. The van der Waals surface area contributed by atoms with E-state index in [1.54, 1.807) is 36.4 Å². The van der Waals surface area contributed by atoms with E-state index in [0.717, 1.165) is 5.69 Å². The van der Waals surface area contributed by atoms with Gasteiger partial charge in [0.25, 0.3) is 11.8 Å². The summed E-state index contributed by atoms with van der Waals surface area (Å²) in [4.78, 5) is 25.3. The van der Waals surface area contributed by atoms with Gasteiger partial charge in [-0.2, -0.15) is 0 Å². The summed E-state index contributed by atoms with van der Waals surface area (Å²) in [5, 5.41) is 5.23. The van der Waals surface area contributed by atoms with Crippen LogP contribution in [0, 0.1) is 5.92 Å². The molecule has 1 aliphatic rings. The van der Waals surface area contributed by atoms with Gasteiger partial charge in [-0.15, -0.1) is 0 Å². The molecule has 0 radical (unpaired) electrons. The van der Waals surface area contributed by atoms with Crippen LogP contribution >= 0.6 is 11.6 Å². The second-order valence-corrected chi connectivity index (χ2v) is 6.44. The lowest BCUT2D eigenvalue weighted by atomic mass is 10.0. The van der Waals surface area contributed by atoms with Crippen molar-refractivity contribution < 1.29 is 9.59 Å². The molecule has 124 valence electrons. The van der Waals surface area contributed by atoms with Crippen molar-refractivity contribution in [2.75, 3.05) is 5.32 Å². The van der Waals surface area contributed by atoms with Crippen molar-refractivity contribution in [2.24, 2.45) is 5.92 Å². The molecule has 1 heterocycles. The molecule has 6 heteroatoms. The lowest BCUT2D eigenvalue weighted by Crippen LogP contribution is -2.59. The Kier molecular flexibility index (Phi) is 4.44. The molecule has 24 heavy (non-hydrogen) atoms. The highest BCUT2D eigenvalue weighted by atomic mass is 35.5. The van der Waals surface area contributed by atoms with Gasteiger partial charge in [0, 0.05) is 16.3 Å². The molecule has 0 aliphatic carbocycles. The predicted molar refractivity (Wildman–Crippen MR) is 93.8 cm³/mol. The van der Waals surface area contributed by atoms with Crippen LogP contribution in [-0.4, -0.2) is 23.0 Å². The molecule has 0 aromatic heterocycles. The number of hydrogen-bond donors (Lipinski definition) is 2. The summed E-state index contributed by atoms with van der Waals surface area (Å²) in [6.07, 6.45) is -0.330. The summed E-state index contributed by atoms with van der Waals surface area (Å²) in [7, 11) is 0. The number of nitrogens with zero attached hydrogens (tertiary/aromatic N) is 1. The van der Waals surface area contributed by atoms with E-state index in [2.05, 4.69) is 10.7 Å². The number of fused-ring (bicyclic) bond motifs is 1. The summed E-state index contributed by atoms with van der Waals surface area (Å²) in [5.74, 6) is -0.481. The third kappa shape index (κ3) is 3.08. The number of hydrogen-bond acceptors (Lipinski definition) is 3. The molecule has 3 rings (SSSR count). The minimum absolute atomic E-state index is 0.104. The third-order valence-electron chi connectivity index (χ3n) is 3.92. The second-order valence-electron chi connectivity index (χ2n) is 6.00. The third-order valence-corrected chi connectivity index (χ3v) is 4.17. The maximum Gasteiger partial charge on any atom is 0.276 e. The zero-order chi connectivity index (χ0) is 17.3. The molecule has 1 aliphatic heterocycles. The molecule has 1 atom stereocenters. The first-order valence-corrected chi connectivity index (χ1v) is 8.11. The summed E-state index contributed by atoms with van der Waals surface area (Å²) < 4.78 is 0. The minimum atomic E-state index is -0.355. The zero-order valence-corrected chi connectivity index (χ0v) is 14.2. The van der Waals surface area contributed by atoms with Gasteiger partial charge in [0.15, 0.2) is 0 Å². The molecule has 0 saturated heterocycles. The van der Waals surface area contributed by atoms with Crippen LogP contribution in [0.1, 0.15) is 34.6 Å². The Morgan fingerprint density at radius 2 is 1.83 bits per heavy atom. The maximum absolute atomic E-state index is 12.8. The second kappa shape index (κ2) is 6.53. The van der Waals surface area contributed by atoms with Gasteiger partial charge in [0.2, 0.25) is 0 Å². The molecule has 2 amide bonds. The molecule has 0 fully saturated rings. The number of rotatable bonds is 3. The number of benzene rings is 2. The number of para-hydroxylation sites is 1. The summed E-state index contributed by atoms with van der Waals surface area (Å²) in [5.41, 5.74) is 4.46. The van der Waals surface area contributed by atoms with E-state index < -0.39 is 0 Å². The first-order chi connectivity index (χ1) is 11.5. The number of anilines is 1. The van der Waals surface area contributed by atoms with Gasteiger partial charge in [-0.1, -0.05) is 37.6 Å². The summed E-state index contributed by atoms with van der Waals surface area (Å²) in [6.45, 7) is 3.97. The molecule has 2 N–H and O–H groups in total. The van der Waals surface area contributed by atoms with Crippen LogP contribution in [0.2, 0.25) is 5.02 Å². The van der Waals surface area contributed by atoms with Gasteiger partial charge in [-0.05, 0) is 42.3 Å². The Balaban J connectivity index is 1.88. The van der Waals surface area contributed by atoms with E-state index in [1.807, 2.05) is 26.0 Å². The van der Waals surface area contributed by atoms with Crippen molar-refractivity contribution in [1.29, 1.82) is 0 Å². The molecule has 0 bridgehead atoms. The highest BCUT2D eigenvalue weighted by Gasteiger charge is 2.34. The highest BCUT2D eigenvalue weighted by molar-refractivity contribution is 6.30. The molecule has 2 aromatic carbocycles. The van der Waals surface area contributed by atoms with Crippen LogP contribution in [0.3, 0.4) is 0 Å². The van der Waals surface area contributed by atoms with Gasteiger partial charge in [0.1, 0.15) is 6.17 Å². The van der Waals surface area contributed by atoms with E-state index in [1.165, 1.54) is 5.01 Å². The number of hydrazine groups is 1. The average Bonchev–Trinajstić information content (AvgIpc) is 2.57. The van der Waals surface area contributed by atoms with Crippen molar-refractivity contribution in [1.82, 2.24) is 10.4 Å². The molecule has 0 saturated carbocycles. The fourth-order valence-electron chi connectivity index (χ4n) is 2.64. The first kappa shape index (κ1) is 16.3. The first-order valence-electron chi connectivity index (χ1n) is 7.73. The van der Waals surface area contributed by atoms with E-state index in [4.69, 9.17) is 11.6 Å². The van der Waals surface area contributed by atoms with Crippen LogP contribution in [0.4, 0.5) is 5.69 Å². The van der Waals surface area contributed by atoms with Crippen LogP contribution in [0.15, 0.2) is 48.5 Å². The Bertz CT molecular complexity index is 774. The number of halogens is 1. The summed E-state index contributed by atoms with van der Waals surface area (Å²) >= 11 is 5.85. The standard InChI is InChI=1S/C18H18ClN3O2/c1-11(2)16-20-15-6-4-3-5-14(15)18(24)22(16)21-17(23)12-7-9-13(19)10-8-12/h3-11,16,20H,1-2H3,(H,21,23). The molecular formula is C18H18ClN3O2. The molecule has 2 aromatic rings. The molecular weight excluding hydrogens is 326 g/mol. The van der Waals surface area contributed by atoms with Crippen molar-refractivity contribution >= 4 is 29.1 Å². The van der Waals surface area contributed by atoms with E-state index >= 15 is 0 Å². The number of carbonyl (C=O) groups excluding carboxylic acids is 2. The molecule has 1 unspecified atom stereocenters. The lowest BCUT2D eigenvalue weighted by molar-refractivity contribution is 0.0439. The molecule has 5 nitrogen and oxygen atoms in total. The van der Waals surface area contributed by atoms with Gasteiger partial charge < -0.3 is 5.32 Å². The van der Waals surface area contributed by atoms with E-state index in [9.17, 15) is 9.59 Å². The van der Waals surface area contributed by atoms with Crippen molar-refractivity contribution in [3.8, 4) is 0 Å². The van der Waals surface area contributed by atoms with Gasteiger partial charge in [-0.25, -0.2) is 5.01 Å². The monoisotopic (exact) mass is 343 g/mol. The zero-order valence-electron chi connectivity index (χ0n) is 13.4. The highest BCUT2D eigenvalue weighted by Crippen LogP contribution is 2.27. The van der Waals surface area contributed by atoms with E-state index in [0.29, 0.717) is 16.1 Å². The van der Waals surface area contributed by atoms with Crippen LogP contribution in [0.5, 0.6) is 0 Å². The van der Waals surface area contributed by atoms with Gasteiger partial charge >= 0.3 is 0 Å². The van der Waals surface area contributed by atoms with Crippen LogP contribution in [0.25, 0.3) is 0 Å². The van der Waals surface area contributed by atoms with Gasteiger partial charge in [-0.3, -0.25) is 15.0 Å². The van der Waals surface area contributed by atoms with Crippen LogP contribution in [-0.2, 0) is 0 Å². The van der Waals surface area contributed by atoms with Crippen molar-refractivity contribution in [3.63, 3.8) is 0 Å². The molecule has 0 spiro atoms. The number of amides is 2. The Labute approximate surface area is 145 Å². The maximum atomic E-state index is 12.8. The fraction of sp³-hybridized carbons (Fsp3) is 0.222. The summed E-state index contributed by atoms with van der Waals surface area (Å²) in [6, 6.07) is 13.8. The van der Waals surface area contributed by atoms with Crippen LogP contribution < -0.4 is 10.7 Å². The number of carbonyl (C=O) groups is 2. The Hall–Kier alpha value is -2.53.